The Labute approximate surface area is 267 Å². The van der Waals surface area contributed by atoms with Crippen molar-refractivity contribution in [1.82, 2.24) is 20.1 Å². The highest BCUT2D eigenvalue weighted by Crippen LogP contribution is 2.31. The van der Waals surface area contributed by atoms with E-state index in [1.165, 1.54) is 12.1 Å². The molecule has 0 radical (unpaired) electrons. The number of likely N-dealkylation sites (N-methyl/N-ethyl adjacent to an activating group) is 1. The molecule has 5 rings (SSSR count). The second-order valence-electron chi connectivity index (χ2n) is 11.7. The Morgan fingerprint density at radius 2 is 1.63 bits per heavy atom. The summed E-state index contributed by atoms with van der Waals surface area (Å²) < 4.78 is 39.9. The van der Waals surface area contributed by atoms with Crippen LogP contribution < -0.4 is 5.32 Å². The standard InChI is InChI=1S/C37H37F3N4O2/c1-43(2)31-19-21-44(25-31)36(46)33(23-26-8-4-3-5-9-26)32(22-27-13-17-30(18-14-27)37(38,39)40)35(45)42-24-28-11-15-29(16-12-28)34-10-6-7-20-41-34/h3-18,20,22,31,33H,19,21,23-25H2,1-2H3,(H,42,45)/t31-,33-/m0/s1. The number of carbonyl (C=O) groups excluding carboxylic acids is 2. The van der Waals surface area contributed by atoms with Gasteiger partial charge in [0.25, 0.3) is 0 Å². The molecule has 0 saturated carbocycles. The summed E-state index contributed by atoms with van der Waals surface area (Å²) >= 11 is 0. The molecule has 9 heteroatoms. The van der Waals surface area contributed by atoms with Gasteiger partial charge in [0.15, 0.2) is 0 Å². The lowest BCUT2D eigenvalue weighted by atomic mass is 9.88. The van der Waals surface area contributed by atoms with Crippen LogP contribution in [0.25, 0.3) is 17.3 Å². The van der Waals surface area contributed by atoms with Crippen LogP contribution in [0.5, 0.6) is 0 Å². The quantitative estimate of drug-likeness (QED) is 0.205. The van der Waals surface area contributed by atoms with Crippen molar-refractivity contribution in [1.29, 1.82) is 0 Å². The van der Waals surface area contributed by atoms with Crippen molar-refractivity contribution in [2.24, 2.45) is 5.92 Å². The second-order valence-corrected chi connectivity index (χ2v) is 11.7. The molecule has 4 aromatic rings. The lowest BCUT2D eigenvalue weighted by Gasteiger charge is -2.26. The number of pyridine rings is 1. The summed E-state index contributed by atoms with van der Waals surface area (Å²) in [5.41, 5.74) is 3.31. The summed E-state index contributed by atoms with van der Waals surface area (Å²) in [6, 6.07) is 27.6. The van der Waals surface area contributed by atoms with E-state index in [0.29, 0.717) is 18.7 Å². The molecule has 46 heavy (non-hydrogen) atoms. The van der Waals surface area contributed by atoms with Crippen LogP contribution in [0, 0.1) is 5.92 Å². The van der Waals surface area contributed by atoms with E-state index in [1.54, 1.807) is 17.2 Å². The molecule has 2 amide bonds. The third kappa shape index (κ3) is 8.28. The van der Waals surface area contributed by atoms with Crippen LogP contribution >= 0.6 is 0 Å². The fraction of sp³-hybridized carbons (Fsp3) is 0.270. The zero-order valence-electron chi connectivity index (χ0n) is 25.9. The zero-order chi connectivity index (χ0) is 32.7. The van der Waals surface area contributed by atoms with Crippen molar-refractivity contribution < 1.29 is 22.8 Å². The summed E-state index contributed by atoms with van der Waals surface area (Å²) in [5, 5.41) is 2.97. The summed E-state index contributed by atoms with van der Waals surface area (Å²) in [4.78, 5) is 36.5. The Balaban J connectivity index is 1.46. The van der Waals surface area contributed by atoms with Gasteiger partial charge in [0.1, 0.15) is 0 Å². The van der Waals surface area contributed by atoms with E-state index in [0.717, 1.165) is 40.9 Å². The number of alkyl halides is 3. The first kappa shape index (κ1) is 32.6. The van der Waals surface area contributed by atoms with E-state index in [9.17, 15) is 22.8 Å². The Hall–Kier alpha value is -4.76. The first-order valence-electron chi connectivity index (χ1n) is 15.2. The maximum Gasteiger partial charge on any atom is 0.416 e. The molecule has 0 aliphatic carbocycles. The molecule has 1 N–H and O–H groups in total. The minimum Gasteiger partial charge on any atom is -0.348 e. The average Bonchev–Trinajstić information content (AvgIpc) is 3.57. The largest absolute Gasteiger partial charge is 0.416 e. The third-order valence-electron chi connectivity index (χ3n) is 8.35. The van der Waals surface area contributed by atoms with Crippen LogP contribution in [0.3, 0.4) is 0 Å². The predicted molar refractivity (Wildman–Crippen MR) is 173 cm³/mol. The number of nitrogens with one attached hydrogen (secondary N) is 1. The van der Waals surface area contributed by atoms with Gasteiger partial charge in [0.2, 0.25) is 11.8 Å². The smallest absolute Gasteiger partial charge is 0.348 e. The fourth-order valence-corrected chi connectivity index (χ4v) is 5.65. The molecule has 0 spiro atoms. The van der Waals surface area contributed by atoms with Crippen molar-refractivity contribution in [3.05, 3.63) is 131 Å². The highest BCUT2D eigenvalue weighted by atomic mass is 19.4. The highest BCUT2D eigenvalue weighted by Gasteiger charge is 2.36. The molecule has 3 aromatic carbocycles. The van der Waals surface area contributed by atoms with Gasteiger partial charge in [-0.3, -0.25) is 14.6 Å². The van der Waals surface area contributed by atoms with Crippen LogP contribution in [0.15, 0.2) is 109 Å². The van der Waals surface area contributed by atoms with Gasteiger partial charge in [0.05, 0.1) is 17.2 Å². The summed E-state index contributed by atoms with van der Waals surface area (Å²) in [6.07, 6.45) is -0.134. The number of benzene rings is 3. The van der Waals surface area contributed by atoms with Crippen molar-refractivity contribution in [2.45, 2.75) is 31.6 Å². The van der Waals surface area contributed by atoms with E-state index in [4.69, 9.17) is 0 Å². The predicted octanol–water partition coefficient (Wildman–Crippen LogP) is 6.49. The second kappa shape index (κ2) is 14.6. The maximum absolute atomic E-state index is 14.2. The summed E-state index contributed by atoms with van der Waals surface area (Å²) in [5.74, 6) is -1.48. The average molecular weight is 627 g/mol. The molecular formula is C37H37F3N4O2. The number of hydrogen-bond donors (Lipinski definition) is 1. The van der Waals surface area contributed by atoms with E-state index >= 15 is 0 Å². The van der Waals surface area contributed by atoms with Gasteiger partial charge in [-0.05, 0) is 74.0 Å². The number of hydrogen-bond acceptors (Lipinski definition) is 4. The van der Waals surface area contributed by atoms with Gasteiger partial charge in [0, 0.05) is 43.0 Å². The van der Waals surface area contributed by atoms with E-state index in [-0.39, 0.29) is 30.5 Å². The van der Waals surface area contributed by atoms with Crippen LogP contribution in [-0.2, 0) is 28.7 Å². The van der Waals surface area contributed by atoms with Crippen molar-refractivity contribution in [2.75, 3.05) is 27.2 Å². The van der Waals surface area contributed by atoms with Gasteiger partial charge in [-0.1, -0.05) is 72.8 Å². The molecule has 2 heterocycles. The number of halogens is 3. The molecule has 1 saturated heterocycles. The van der Waals surface area contributed by atoms with E-state index in [1.807, 2.05) is 86.9 Å². The zero-order valence-corrected chi connectivity index (χ0v) is 25.9. The van der Waals surface area contributed by atoms with Crippen molar-refractivity contribution >= 4 is 17.9 Å². The fourth-order valence-electron chi connectivity index (χ4n) is 5.65. The minimum atomic E-state index is -4.49. The summed E-state index contributed by atoms with van der Waals surface area (Å²) in [7, 11) is 3.96. The third-order valence-corrected chi connectivity index (χ3v) is 8.35. The number of nitrogens with zero attached hydrogens (tertiary/aromatic N) is 3. The molecule has 6 nitrogen and oxygen atoms in total. The molecule has 0 bridgehead atoms. The first-order valence-corrected chi connectivity index (χ1v) is 15.2. The van der Waals surface area contributed by atoms with Gasteiger partial charge in [-0.2, -0.15) is 13.2 Å². The number of likely N-dealkylation sites (tertiary alicyclic amines) is 1. The van der Waals surface area contributed by atoms with Gasteiger partial charge in [-0.25, -0.2) is 0 Å². The number of amides is 2. The van der Waals surface area contributed by atoms with Crippen LogP contribution in [-0.4, -0.2) is 59.8 Å². The molecule has 1 fully saturated rings. The molecular weight excluding hydrogens is 589 g/mol. The van der Waals surface area contributed by atoms with E-state index < -0.39 is 23.6 Å². The topological polar surface area (TPSA) is 65.5 Å². The lowest BCUT2D eigenvalue weighted by Crippen LogP contribution is -2.41. The SMILES string of the molecule is CN(C)[C@H]1CCN(C(=O)[C@@H](Cc2ccccc2)C(=Cc2ccc(C(F)(F)F)cc2)C(=O)NCc2ccc(-c3ccccn3)cc2)C1. The summed E-state index contributed by atoms with van der Waals surface area (Å²) in [6.45, 7) is 1.30. The number of carbonyl (C=O) groups is 2. The maximum atomic E-state index is 14.2. The van der Waals surface area contributed by atoms with Crippen LogP contribution in [0.2, 0.25) is 0 Å². The highest BCUT2D eigenvalue weighted by molar-refractivity contribution is 6.04. The first-order chi connectivity index (χ1) is 22.1. The van der Waals surface area contributed by atoms with Gasteiger partial charge >= 0.3 is 6.18 Å². The Morgan fingerprint density at radius 3 is 2.24 bits per heavy atom. The molecule has 2 atom stereocenters. The minimum absolute atomic E-state index is 0.179. The Morgan fingerprint density at radius 1 is 0.935 bits per heavy atom. The van der Waals surface area contributed by atoms with Gasteiger partial charge < -0.3 is 15.1 Å². The molecule has 1 aliphatic heterocycles. The monoisotopic (exact) mass is 626 g/mol. The van der Waals surface area contributed by atoms with Gasteiger partial charge in [-0.15, -0.1) is 0 Å². The van der Waals surface area contributed by atoms with E-state index in [2.05, 4.69) is 15.2 Å². The molecule has 238 valence electrons. The number of rotatable bonds is 10. The lowest BCUT2D eigenvalue weighted by molar-refractivity contribution is -0.137. The van der Waals surface area contributed by atoms with Crippen LogP contribution in [0.1, 0.15) is 28.7 Å². The molecule has 1 aliphatic rings. The Kier molecular flexibility index (Phi) is 10.3. The Bertz CT molecular complexity index is 1640. The number of aromatic nitrogens is 1. The van der Waals surface area contributed by atoms with Crippen molar-refractivity contribution in [3.8, 4) is 11.3 Å². The van der Waals surface area contributed by atoms with Crippen LogP contribution in [0.4, 0.5) is 13.2 Å². The normalized spacial score (nSPS) is 16.0. The molecule has 1 aromatic heterocycles. The molecule has 0 unspecified atom stereocenters. The van der Waals surface area contributed by atoms with Crippen molar-refractivity contribution in [3.63, 3.8) is 0 Å².